The average Bonchev–Trinajstić information content (AvgIpc) is 2.40. The zero-order valence-corrected chi connectivity index (χ0v) is 14.7. The molecule has 0 radical (unpaired) electrons. The molecule has 0 heterocycles. The minimum Gasteiger partial charge on any atom is -0.378 e. The van der Waals surface area contributed by atoms with Gasteiger partial charge in [-0.05, 0) is 90.5 Å². The van der Waals surface area contributed by atoms with Crippen LogP contribution in [0.4, 0.5) is 10.1 Å². The Morgan fingerprint density at radius 2 is 1.52 bits per heavy atom. The minimum absolute atomic E-state index is 0.128. The van der Waals surface area contributed by atoms with Crippen LogP contribution in [0.3, 0.4) is 0 Å². The number of benzene rings is 2. The Kier molecular flexibility index (Phi) is 4.72. The van der Waals surface area contributed by atoms with Crippen molar-refractivity contribution in [2.24, 2.45) is 0 Å². The van der Waals surface area contributed by atoms with E-state index < -0.39 is 0 Å². The Morgan fingerprint density at radius 3 is 2.19 bits per heavy atom. The van der Waals surface area contributed by atoms with E-state index >= 15 is 0 Å². The van der Waals surface area contributed by atoms with Gasteiger partial charge in [0.1, 0.15) is 5.82 Å². The summed E-state index contributed by atoms with van der Waals surface area (Å²) in [4.78, 5) is 0. The van der Waals surface area contributed by atoms with Crippen molar-refractivity contribution in [2.45, 2.75) is 40.7 Å². The van der Waals surface area contributed by atoms with E-state index in [9.17, 15) is 4.39 Å². The summed E-state index contributed by atoms with van der Waals surface area (Å²) >= 11 is 3.22. The third-order valence-electron chi connectivity index (χ3n) is 3.99. The van der Waals surface area contributed by atoms with Crippen LogP contribution in [0.2, 0.25) is 0 Å². The van der Waals surface area contributed by atoms with E-state index in [1.165, 1.54) is 22.3 Å². The summed E-state index contributed by atoms with van der Waals surface area (Å²) in [7, 11) is 0. The van der Waals surface area contributed by atoms with Crippen molar-refractivity contribution in [3.8, 4) is 0 Å². The van der Waals surface area contributed by atoms with Gasteiger partial charge in [-0.2, -0.15) is 0 Å². The third-order valence-corrected chi connectivity index (χ3v) is 4.60. The second kappa shape index (κ2) is 6.18. The summed E-state index contributed by atoms with van der Waals surface area (Å²) in [5.41, 5.74) is 6.95. The lowest BCUT2D eigenvalue weighted by Crippen LogP contribution is -2.10. The minimum atomic E-state index is -0.243. The molecule has 2 aromatic rings. The molecule has 3 heteroatoms. The van der Waals surface area contributed by atoms with Gasteiger partial charge in [-0.3, -0.25) is 0 Å². The van der Waals surface area contributed by atoms with Crippen LogP contribution in [-0.2, 0) is 0 Å². The standard InChI is InChI=1S/C18H21BrFN/c1-10-6-12(3)15(7-11(10)2)14(5)21-18-9-17(20)16(19)8-13(18)4/h6-9,14,21H,1-5H3. The Morgan fingerprint density at radius 1 is 0.905 bits per heavy atom. The second-order valence-electron chi connectivity index (χ2n) is 5.74. The Balaban J connectivity index is 2.32. The number of nitrogens with one attached hydrogen (secondary N) is 1. The van der Waals surface area contributed by atoms with Crippen LogP contribution >= 0.6 is 15.9 Å². The molecule has 2 aromatic carbocycles. The number of anilines is 1. The van der Waals surface area contributed by atoms with E-state index in [4.69, 9.17) is 0 Å². The first-order valence-corrected chi connectivity index (χ1v) is 7.89. The van der Waals surface area contributed by atoms with Gasteiger partial charge in [-0.1, -0.05) is 12.1 Å². The largest absolute Gasteiger partial charge is 0.378 e. The van der Waals surface area contributed by atoms with Gasteiger partial charge in [0.2, 0.25) is 0 Å². The van der Waals surface area contributed by atoms with E-state index in [1.54, 1.807) is 12.1 Å². The summed E-state index contributed by atoms with van der Waals surface area (Å²) in [6, 6.07) is 7.90. The first-order valence-electron chi connectivity index (χ1n) is 7.09. The monoisotopic (exact) mass is 349 g/mol. The second-order valence-corrected chi connectivity index (χ2v) is 6.59. The number of halogens is 2. The fourth-order valence-corrected chi connectivity index (χ4v) is 3.02. The summed E-state index contributed by atoms with van der Waals surface area (Å²) in [6.45, 7) is 10.5. The van der Waals surface area contributed by atoms with Crippen LogP contribution in [0, 0.1) is 33.5 Å². The molecule has 0 saturated heterocycles. The molecular weight excluding hydrogens is 329 g/mol. The molecule has 112 valence electrons. The highest BCUT2D eigenvalue weighted by Crippen LogP contribution is 2.29. The molecule has 0 aliphatic rings. The van der Waals surface area contributed by atoms with Crippen molar-refractivity contribution in [3.63, 3.8) is 0 Å². The molecule has 21 heavy (non-hydrogen) atoms. The average molecular weight is 350 g/mol. The molecule has 0 aliphatic heterocycles. The normalized spacial score (nSPS) is 12.3. The lowest BCUT2D eigenvalue weighted by molar-refractivity contribution is 0.620. The smallest absolute Gasteiger partial charge is 0.139 e. The third kappa shape index (κ3) is 3.46. The van der Waals surface area contributed by atoms with Crippen molar-refractivity contribution < 1.29 is 4.39 Å². The van der Waals surface area contributed by atoms with Crippen LogP contribution in [0.15, 0.2) is 28.7 Å². The summed E-state index contributed by atoms with van der Waals surface area (Å²) in [5.74, 6) is -0.243. The fraction of sp³-hybridized carbons (Fsp3) is 0.333. The maximum atomic E-state index is 13.7. The molecule has 1 nitrogen and oxygen atoms in total. The predicted octanol–water partition coefficient (Wildman–Crippen LogP) is 5.99. The maximum absolute atomic E-state index is 13.7. The summed E-state index contributed by atoms with van der Waals surface area (Å²) in [5, 5.41) is 3.42. The lowest BCUT2D eigenvalue weighted by Gasteiger charge is -2.21. The highest BCUT2D eigenvalue weighted by molar-refractivity contribution is 9.10. The van der Waals surface area contributed by atoms with Crippen molar-refractivity contribution in [1.82, 2.24) is 0 Å². The Hall–Kier alpha value is -1.35. The van der Waals surface area contributed by atoms with Crippen molar-refractivity contribution in [2.75, 3.05) is 5.32 Å². The molecule has 2 rings (SSSR count). The van der Waals surface area contributed by atoms with Crippen LogP contribution in [0.1, 0.15) is 40.8 Å². The quantitative estimate of drug-likeness (QED) is 0.716. The SMILES string of the molecule is Cc1cc(C)c(C(C)Nc2cc(F)c(Br)cc2C)cc1C. The Bertz CT molecular complexity index is 679. The zero-order valence-electron chi connectivity index (χ0n) is 13.1. The van der Waals surface area contributed by atoms with E-state index in [1.807, 2.05) is 6.92 Å². The van der Waals surface area contributed by atoms with Crippen LogP contribution in [-0.4, -0.2) is 0 Å². The van der Waals surface area contributed by atoms with Crippen LogP contribution < -0.4 is 5.32 Å². The zero-order chi connectivity index (χ0) is 15.7. The first-order chi connectivity index (χ1) is 9.79. The van der Waals surface area contributed by atoms with E-state index in [0.717, 1.165) is 11.3 Å². The molecule has 0 amide bonds. The van der Waals surface area contributed by atoms with Gasteiger partial charge >= 0.3 is 0 Å². The molecule has 0 spiro atoms. The van der Waals surface area contributed by atoms with Crippen molar-refractivity contribution in [3.05, 3.63) is 62.4 Å². The van der Waals surface area contributed by atoms with Crippen molar-refractivity contribution in [1.29, 1.82) is 0 Å². The highest BCUT2D eigenvalue weighted by atomic mass is 79.9. The topological polar surface area (TPSA) is 12.0 Å². The predicted molar refractivity (Wildman–Crippen MR) is 91.5 cm³/mol. The molecule has 0 bridgehead atoms. The number of rotatable bonds is 3. The highest BCUT2D eigenvalue weighted by Gasteiger charge is 2.12. The number of hydrogen-bond donors (Lipinski definition) is 1. The molecule has 0 fully saturated rings. The molecule has 0 aromatic heterocycles. The van der Waals surface area contributed by atoms with Gasteiger partial charge in [0.25, 0.3) is 0 Å². The molecule has 0 saturated carbocycles. The van der Waals surface area contributed by atoms with Crippen molar-refractivity contribution >= 4 is 21.6 Å². The van der Waals surface area contributed by atoms with Gasteiger partial charge in [0.15, 0.2) is 0 Å². The van der Waals surface area contributed by atoms with Gasteiger partial charge in [-0.15, -0.1) is 0 Å². The molecule has 1 unspecified atom stereocenters. The molecule has 1 N–H and O–H groups in total. The van der Waals surface area contributed by atoms with E-state index in [2.05, 4.69) is 61.1 Å². The number of aryl methyl sites for hydroxylation is 4. The van der Waals surface area contributed by atoms with Gasteiger partial charge in [0, 0.05) is 11.7 Å². The summed E-state index contributed by atoms with van der Waals surface area (Å²) < 4.78 is 14.2. The number of hydrogen-bond acceptors (Lipinski definition) is 1. The Labute approximate surface area is 134 Å². The lowest BCUT2D eigenvalue weighted by atomic mass is 9.96. The maximum Gasteiger partial charge on any atom is 0.139 e. The van der Waals surface area contributed by atoms with Crippen LogP contribution in [0.5, 0.6) is 0 Å². The molecule has 1 atom stereocenters. The van der Waals surface area contributed by atoms with Gasteiger partial charge in [0.05, 0.1) is 4.47 Å². The van der Waals surface area contributed by atoms with E-state index in [-0.39, 0.29) is 11.9 Å². The molecule has 0 aliphatic carbocycles. The molecular formula is C18H21BrFN. The van der Waals surface area contributed by atoms with Gasteiger partial charge in [-0.25, -0.2) is 4.39 Å². The summed E-state index contributed by atoms with van der Waals surface area (Å²) in [6.07, 6.45) is 0. The fourth-order valence-electron chi connectivity index (χ4n) is 2.56. The van der Waals surface area contributed by atoms with Crippen LogP contribution in [0.25, 0.3) is 0 Å². The van der Waals surface area contributed by atoms with Gasteiger partial charge < -0.3 is 5.32 Å². The first kappa shape index (κ1) is 16.0. The van der Waals surface area contributed by atoms with E-state index in [0.29, 0.717) is 4.47 Å².